The molecule has 1 N–H and O–H groups in total. The maximum atomic E-state index is 13.5. The second-order valence-electron chi connectivity index (χ2n) is 7.63. The SMILES string of the molecule is O=C(Nc1ccccc1CN1CCCC1)C1CC(=O)N(c2ccc(F)c(F)c2)C1. The van der Waals surface area contributed by atoms with Crippen LogP contribution in [0, 0.1) is 17.6 Å². The van der Waals surface area contributed by atoms with E-state index in [0.717, 1.165) is 43.0 Å². The summed E-state index contributed by atoms with van der Waals surface area (Å²) in [4.78, 5) is 28.9. The molecule has 0 spiro atoms. The van der Waals surface area contributed by atoms with Crippen molar-refractivity contribution in [3.8, 4) is 0 Å². The molecular formula is C22H23F2N3O2. The van der Waals surface area contributed by atoms with E-state index in [2.05, 4.69) is 10.2 Å². The third-order valence-electron chi connectivity index (χ3n) is 5.58. The van der Waals surface area contributed by atoms with Gasteiger partial charge in [0.05, 0.1) is 5.92 Å². The van der Waals surface area contributed by atoms with E-state index in [0.29, 0.717) is 0 Å². The van der Waals surface area contributed by atoms with Crippen molar-refractivity contribution in [3.63, 3.8) is 0 Å². The highest BCUT2D eigenvalue weighted by Crippen LogP contribution is 2.28. The van der Waals surface area contributed by atoms with E-state index in [1.807, 2.05) is 24.3 Å². The van der Waals surface area contributed by atoms with Crippen molar-refractivity contribution in [1.82, 2.24) is 4.90 Å². The van der Waals surface area contributed by atoms with Crippen LogP contribution in [0.15, 0.2) is 42.5 Å². The molecule has 2 fully saturated rings. The van der Waals surface area contributed by atoms with Gasteiger partial charge in [-0.15, -0.1) is 0 Å². The van der Waals surface area contributed by atoms with E-state index in [1.165, 1.54) is 23.8 Å². The lowest BCUT2D eigenvalue weighted by molar-refractivity contribution is -0.122. The molecule has 1 atom stereocenters. The van der Waals surface area contributed by atoms with E-state index >= 15 is 0 Å². The molecule has 0 bridgehead atoms. The highest BCUT2D eigenvalue weighted by molar-refractivity contribution is 6.03. The van der Waals surface area contributed by atoms with Crippen molar-refractivity contribution in [1.29, 1.82) is 0 Å². The number of carbonyl (C=O) groups excluding carboxylic acids is 2. The van der Waals surface area contributed by atoms with Gasteiger partial charge in [0, 0.05) is 37.0 Å². The summed E-state index contributed by atoms with van der Waals surface area (Å²) in [5.74, 6) is -3.04. The lowest BCUT2D eigenvalue weighted by Gasteiger charge is -2.19. The van der Waals surface area contributed by atoms with Gasteiger partial charge in [0.2, 0.25) is 11.8 Å². The van der Waals surface area contributed by atoms with Gasteiger partial charge < -0.3 is 10.2 Å². The standard InChI is InChI=1S/C22H23F2N3O2/c23-18-8-7-17(12-19(18)24)27-14-16(11-21(27)28)22(29)25-20-6-2-1-5-15(20)13-26-9-3-4-10-26/h1-2,5-8,12,16H,3-4,9-11,13-14H2,(H,25,29). The number of nitrogens with zero attached hydrogens (tertiary/aromatic N) is 2. The van der Waals surface area contributed by atoms with E-state index < -0.39 is 17.6 Å². The minimum atomic E-state index is -1.01. The number of para-hydroxylation sites is 1. The summed E-state index contributed by atoms with van der Waals surface area (Å²) in [7, 11) is 0. The Labute approximate surface area is 168 Å². The highest BCUT2D eigenvalue weighted by atomic mass is 19.2. The molecule has 1 unspecified atom stereocenters. The van der Waals surface area contributed by atoms with Crippen LogP contribution in [-0.4, -0.2) is 36.3 Å². The second kappa shape index (κ2) is 8.29. The largest absolute Gasteiger partial charge is 0.325 e. The number of carbonyl (C=O) groups is 2. The van der Waals surface area contributed by atoms with Crippen molar-refractivity contribution in [2.24, 2.45) is 5.92 Å². The van der Waals surface area contributed by atoms with Crippen LogP contribution in [0.2, 0.25) is 0 Å². The smallest absolute Gasteiger partial charge is 0.229 e. The van der Waals surface area contributed by atoms with Gasteiger partial charge in [0.25, 0.3) is 0 Å². The number of benzene rings is 2. The fraction of sp³-hybridized carbons (Fsp3) is 0.364. The summed E-state index contributed by atoms with van der Waals surface area (Å²) in [6.07, 6.45) is 2.43. The van der Waals surface area contributed by atoms with Crippen LogP contribution in [0.1, 0.15) is 24.8 Å². The van der Waals surface area contributed by atoms with Crippen LogP contribution in [0.5, 0.6) is 0 Å². The molecule has 29 heavy (non-hydrogen) atoms. The monoisotopic (exact) mass is 399 g/mol. The Hall–Kier alpha value is -2.80. The zero-order chi connectivity index (χ0) is 20.4. The van der Waals surface area contributed by atoms with Gasteiger partial charge in [-0.05, 0) is 49.7 Å². The maximum absolute atomic E-state index is 13.5. The molecule has 0 aliphatic carbocycles. The van der Waals surface area contributed by atoms with E-state index in [9.17, 15) is 18.4 Å². The predicted molar refractivity (Wildman–Crippen MR) is 106 cm³/mol. The molecule has 2 amide bonds. The fourth-order valence-corrected chi connectivity index (χ4v) is 3.98. The summed E-state index contributed by atoms with van der Waals surface area (Å²) in [5.41, 5.74) is 2.06. The molecule has 0 radical (unpaired) electrons. The molecule has 2 saturated heterocycles. The van der Waals surface area contributed by atoms with Gasteiger partial charge in [-0.2, -0.15) is 0 Å². The van der Waals surface area contributed by atoms with Crippen LogP contribution in [0.3, 0.4) is 0 Å². The van der Waals surface area contributed by atoms with E-state index in [-0.39, 0.29) is 30.5 Å². The molecule has 0 aromatic heterocycles. The van der Waals surface area contributed by atoms with Crippen LogP contribution in [-0.2, 0) is 16.1 Å². The zero-order valence-electron chi connectivity index (χ0n) is 16.0. The Kier molecular flexibility index (Phi) is 5.58. The average molecular weight is 399 g/mol. The Balaban J connectivity index is 1.44. The first kappa shape index (κ1) is 19.5. The van der Waals surface area contributed by atoms with Crippen molar-refractivity contribution < 1.29 is 18.4 Å². The molecule has 2 aliphatic heterocycles. The topological polar surface area (TPSA) is 52.7 Å². The van der Waals surface area contributed by atoms with Crippen LogP contribution in [0.25, 0.3) is 0 Å². The number of amides is 2. The van der Waals surface area contributed by atoms with Crippen LogP contribution < -0.4 is 10.2 Å². The van der Waals surface area contributed by atoms with Gasteiger partial charge in [0.1, 0.15) is 0 Å². The zero-order valence-corrected chi connectivity index (χ0v) is 16.0. The molecule has 2 aliphatic rings. The highest BCUT2D eigenvalue weighted by Gasteiger charge is 2.35. The molecule has 2 aromatic rings. The Morgan fingerprint density at radius 1 is 1.07 bits per heavy atom. The van der Waals surface area contributed by atoms with Crippen molar-refractivity contribution in [3.05, 3.63) is 59.7 Å². The number of nitrogens with one attached hydrogen (secondary N) is 1. The lowest BCUT2D eigenvalue weighted by Crippen LogP contribution is -2.28. The number of anilines is 2. The summed E-state index contributed by atoms with van der Waals surface area (Å²) in [6, 6.07) is 11.0. The molecule has 7 heteroatoms. The Morgan fingerprint density at radius 2 is 1.83 bits per heavy atom. The number of halogens is 2. The molecule has 0 saturated carbocycles. The van der Waals surface area contributed by atoms with E-state index in [1.54, 1.807) is 0 Å². The van der Waals surface area contributed by atoms with Crippen LogP contribution in [0.4, 0.5) is 20.2 Å². The number of hydrogen-bond donors (Lipinski definition) is 1. The van der Waals surface area contributed by atoms with Crippen molar-refractivity contribution in [2.45, 2.75) is 25.8 Å². The fourth-order valence-electron chi connectivity index (χ4n) is 3.98. The average Bonchev–Trinajstić information content (AvgIpc) is 3.35. The first-order chi connectivity index (χ1) is 14.0. The van der Waals surface area contributed by atoms with E-state index in [4.69, 9.17) is 0 Å². The van der Waals surface area contributed by atoms with Gasteiger partial charge in [-0.25, -0.2) is 8.78 Å². The molecular weight excluding hydrogens is 376 g/mol. The van der Waals surface area contributed by atoms with Gasteiger partial charge in [-0.3, -0.25) is 14.5 Å². The van der Waals surface area contributed by atoms with Crippen molar-refractivity contribution in [2.75, 3.05) is 29.9 Å². The normalized spacial score (nSPS) is 19.7. The molecule has 5 nitrogen and oxygen atoms in total. The summed E-state index contributed by atoms with van der Waals surface area (Å²) >= 11 is 0. The van der Waals surface area contributed by atoms with Gasteiger partial charge in [-0.1, -0.05) is 18.2 Å². The van der Waals surface area contributed by atoms with Gasteiger partial charge in [0.15, 0.2) is 11.6 Å². The minimum absolute atomic E-state index is 0.0408. The molecule has 152 valence electrons. The molecule has 4 rings (SSSR count). The summed E-state index contributed by atoms with van der Waals surface area (Å²) in [6.45, 7) is 3.04. The Morgan fingerprint density at radius 3 is 2.59 bits per heavy atom. The lowest BCUT2D eigenvalue weighted by atomic mass is 10.1. The summed E-state index contributed by atoms with van der Waals surface area (Å²) in [5, 5.41) is 2.96. The number of hydrogen-bond acceptors (Lipinski definition) is 3. The number of rotatable bonds is 5. The van der Waals surface area contributed by atoms with Gasteiger partial charge >= 0.3 is 0 Å². The number of likely N-dealkylation sites (tertiary alicyclic amines) is 1. The van der Waals surface area contributed by atoms with Crippen LogP contribution >= 0.6 is 0 Å². The third kappa shape index (κ3) is 4.29. The third-order valence-corrected chi connectivity index (χ3v) is 5.58. The molecule has 2 aromatic carbocycles. The maximum Gasteiger partial charge on any atom is 0.229 e. The quantitative estimate of drug-likeness (QED) is 0.837. The summed E-state index contributed by atoms with van der Waals surface area (Å²) < 4.78 is 26.7. The first-order valence-corrected chi connectivity index (χ1v) is 9.88. The second-order valence-corrected chi connectivity index (χ2v) is 7.63. The molecule has 2 heterocycles. The first-order valence-electron chi connectivity index (χ1n) is 9.88. The predicted octanol–water partition coefficient (Wildman–Crippen LogP) is 3.55. The minimum Gasteiger partial charge on any atom is -0.325 e. The Bertz CT molecular complexity index is 928. The van der Waals surface area contributed by atoms with Crippen molar-refractivity contribution >= 4 is 23.2 Å².